The lowest BCUT2D eigenvalue weighted by molar-refractivity contribution is 0.0300. The van der Waals surface area contributed by atoms with Gasteiger partial charge in [0.1, 0.15) is 5.75 Å². The zero-order valence-corrected chi connectivity index (χ0v) is 19.3. The van der Waals surface area contributed by atoms with E-state index in [4.69, 9.17) is 21.1 Å². The summed E-state index contributed by atoms with van der Waals surface area (Å²) in [6.45, 7) is 5.38. The molecule has 0 bridgehead atoms. The molecular formula is C24H26ClN5O3. The summed E-state index contributed by atoms with van der Waals surface area (Å²) in [5.74, 6) is 1.53. The number of ether oxygens (including phenoxy) is 2. The third-order valence-electron chi connectivity index (χ3n) is 6.23. The van der Waals surface area contributed by atoms with Crippen LogP contribution in [0.5, 0.6) is 5.75 Å². The van der Waals surface area contributed by atoms with E-state index >= 15 is 0 Å². The van der Waals surface area contributed by atoms with Gasteiger partial charge < -0.3 is 24.2 Å². The van der Waals surface area contributed by atoms with E-state index < -0.39 is 0 Å². The first-order valence-electron chi connectivity index (χ1n) is 11.1. The van der Waals surface area contributed by atoms with Crippen LogP contribution in [0, 0.1) is 0 Å². The van der Waals surface area contributed by atoms with Gasteiger partial charge >= 0.3 is 0 Å². The minimum Gasteiger partial charge on any atom is -0.495 e. The molecular weight excluding hydrogens is 442 g/mol. The number of carbonyl (C=O) groups is 1. The lowest BCUT2D eigenvalue weighted by atomic mass is 10.1. The molecule has 33 heavy (non-hydrogen) atoms. The quantitative estimate of drug-likeness (QED) is 0.584. The number of anilines is 2. The molecule has 0 aliphatic carbocycles. The van der Waals surface area contributed by atoms with Crippen LogP contribution in [0.25, 0.3) is 10.8 Å². The third kappa shape index (κ3) is 4.28. The van der Waals surface area contributed by atoms with Crippen LogP contribution in [-0.2, 0) is 4.74 Å². The monoisotopic (exact) mass is 467 g/mol. The van der Waals surface area contributed by atoms with Gasteiger partial charge in [0.05, 0.1) is 26.0 Å². The minimum atomic E-state index is -0.0913. The van der Waals surface area contributed by atoms with Crippen molar-refractivity contribution >= 4 is 39.8 Å². The molecule has 0 unspecified atom stereocenters. The molecule has 2 aliphatic heterocycles. The van der Waals surface area contributed by atoms with Crippen LogP contribution in [0.3, 0.4) is 0 Å². The first kappa shape index (κ1) is 21.7. The highest BCUT2D eigenvalue weighted by Gasteiger charge is 2.26. The van der Waals surface area contributed by atoms with Gasteiger partial charge in [-0.2, -0.15) is 0 Å². The Morgan fingerprint density at radius 3 is 2.36 bits per heavy atom. The molecule has 2 saturated heterocycles. The van der Waals surface area contributed by atoms with Gasteiger partial charge in [0.15, 0.2) is 11.5 Å². The molecule has 2 aromatic carbocycles. The Morgan fingerprint density at radius 1 is 0.939 bits per heavy atom. The molecule has 1 amide bonds. The number of methoxy groups -OCH3 is 1. The zero-order valence-electron chi connectivity index (χ0n) is 18.5. The van der Waals surface area contributed by atoms with Crippen LogP contribution in [0.4, 0.5) is 11.5 Å². The summed E-state index contributed by atoms with van der Waals surface area (Å²) in [6.07, 6.45) is 0. The average Bonchev–Trinajstić information content (AvgIpc) is 2.88. The van der Waals surface area contributed by atoms with Crippen LogP contribution in [0.2, 0.25) is 5.02 Å². The molecule has 2 fully saturated rings. The second kappa shape index (κ2) is 9.41. The number of fused-ring (bicyclic) bond motifs is 1. The number of benzene rings is 2. The Morgan fingerprint density at radius 2 is 1.64 bits per heavy atom. The molecule has 8 nitrogen and oxygen atoms in total. The number of aromatic nitrogens is 2. The largest absolute Gasteiger partial charge is 0.495 e. The van der Waals surface area contributed by atoms with E-state index in [9.17, 15) is 4.79 Å². The van der Waals surface area contributed by atoms with Crippen LogP contribution in [-0.4, -0.2) is 80.6 Å². The van der Waals surface area contributed by atoms with E-state index in [0.29, 0.717) is 37.0 Å². The summed E-state index contributed by atoms with van der Waals surface area (Å²) >= 11 is 6.23. The highest BCUT2D eigenvalue weighted by molar-refractivity contribution is 6.31. The molecule has 172 valence electrons. The molecule has 9 heteroatoms. The molecule has 0 atom stereocenters. The van der Waals surface area contributed by atoms with Crippen molar-refractivity contribution < 1.29 is 14.3 Å². The SMILES string of the molecule is COc1ccc(Cl)cc1N1CCN(c2nnc(C(=O)N3CCOCC3)c3ccccc23)CC1. The number of piperazine rings is 1. The summed E-state index contributed by atoms with van der Waals surface area (Å²) in [6, 6.07) is 13.6. The molecule has 0 saturated carbocycles. The van der Waals surface area contributed by atoms with E-state index in [0.717, 1.165) is 54.2 Å². The van der Waals surface area contributed by atoms with Crippen molar-refractivity contribution in [1.82, 2.24) is 15.1 Å². The Balaban J connectivity index is 1.39. The van der Waals surface area contributed by atoms with Crippen molar-refractivity contribution in [2.45, 2.75) is 0 Å². The maximum Gasteiger partial charge on any atom is 0.275 e. The molecule has 0 N–H and O–H groups in total. The van der Waals surface area contributed by atoms with Crippen molar-refractivity contribution in [2.75, 3.05) is 69.4 Å². The summed E-state index contributed by atoms with van der Waals surface area (Å²) < 4.78 is 10.9. The highest BCUT2D eigenvalue weighted by atomic mass is 35.5. The first-order chi connectivity index (χ1) is 16.2. The predicted octanol–water partition coefficient (Wildman–Crippen LogP) is 3.09. The zero-order chi connectivity index (χ0) is 22.8. The standard InChI is InChI=1S/C24H26ClN5O3/c1-32-21-7-6-17(25)16-20(21)28-8-10-29(11-9-28)23-19-5-3-2-4-18(19)22(26-27-23)24(31)30-12-14-33-15-13-30/h2-7,16H,8-15H2,1H3. The fraction of sp³-hybridized carbons (Fsp3) is 0.375. The molecule has 0 radical (unpaired) electrons. The lowest BCUT2D eigenvalue weighted by Crippen LogP contribution is -2.47. The third-order valence-corrected chi connectivity index (χ3v) is 6.46. The number of morpholine rings is 1. The van der Waals surface area contributed by atoms with E-state index in [-0.39, 0.29) is 5.91 Å². The number of carbonyl (C=O) groups excluding carboxylic acids is 1. The van der Waals surface area contributed by atoms with Gasteiger partial charge in [-0.05, 0) is 18.2 Å². The summed E-state index contributed by atoms with van der Waals surface area (Å²) in [5, 5.41) is 11.4. The van der Waals surface area contributed by atoms with Gasteiger partial charge in [-0.3, -0.25) is 4.79 Å². The lowest BCUT2D eigenvalue weighted by Gasteiger charge is -2.37. The van der Waals surface area contributed by atoms with Gasteiger partial charge in [0.25, 0.3) is 5.91 Å². The topological polar surface area (TPSA) is 71.0 Å². The highest BCUT2D eigenvalue weighted by Crippen LogP contribution is 2.33. The number of amides is 1. The average molecular weight is 468 g/mol. The van der Waals surface area contributed by atoms with Crippen molar-refractivity contribution in [3.63, 3.8) is 0 Å². The number of halogens is 1. The number of hydrogen-bond donors (Lipinski definition) is 0. The Bertz CT molecular complexity index is 1160. The second-order valence-electron chi connectivity index (χ2n) is 8.11. The Labute approximate surface area is 197 Å². The molecule has 3 heterocycles. The molecule has 3 aromatic rings. The van der Waals surface area contributed by atoms with Crippen LogP contribution < -0.4 is 14.5 Å². The van der Waals surface area contributed by atoms with Crippen molar-refractivity contribution in [1.29, 1.82) is 0 Å². The van der Waals surface area contributed by atoms with E-state index in [1.165, 1.54) is 0 Å². The first-order valence-corrected chi connectivity index (χ1v) is 11.5. The number of nitrogens with zero attached hydrogens (tertiary/aromatic N) is 5. The van der Waals surface area contributed by atoms with Crippen molar-refractivity contribution in [2.24, 2.45) is 0 Å². The van der Waals surface area contributed by atoms with Crippen molar-refractivity contribution in [3.8, 4) is 5.75 Å². The second-order valence-corrected chi connectivity index (χ2v) is 8.55. The molecule has 5 rings (SSSR count). The van der Waals surface area contributed by atoms with Crippen LogP contribution in [0.15, 0.2) is 42.5 Å². The van der Waals surface area contributed by atoms with Crippen molar-refractivity contribution in [3.05, 3.63) is 53.2 Å². The Hall–Kier alpha value is -3.10. The maximum atomic E-state index is 13.1. The molecule has 2 aliphatic rings. The summed E-state index contributed by atoms with van der Waals surface area (Å²) in [5.41, 5.74) is 1.39. The normalized spacial score (nSPS) is 16.8. The summed E-state index contributed by atoms with van der Waals surface area (Å²) in [4.78, 5) is 19.4. The summed E-state index contributed by atoms with van der Waals surface area (Å²) in [7, 11) is 1.67. The van der Waals surface area contributed by atoms with Crippen LogP contribution >= 0.6 is 11.6 Å². The molecule has 0 spiro atoms. The van der Waals surface area contributed by atoms with Crippen LogP contribution in [0.1, 0.15) is 10.5 Å². The van der Waals surface area contributed by atoms with Gasteiger partial charge in [-0.25, -0.2) is 0 Å². The Kier molecular flexibility index (Phi) is 6.20. The maximum absolute atomic E-state index is 13.1. The fourth-order valence-electron chi connectivity index (χ4n) is 4.47. The molecule has 1 aromatic heterocycles. The van der Waals surface area contributed by atoms with Gasteiger partial charge in [0, 0.05) is 55.1 Å². The van der Waals surface area contributed by atoms with Gasteiger partial charge in [-0.1, -0.05) is 35.9 Å². The number of hydrogen-bond acceptors (Lipinski definition) is 7. The fourth-order valence-corrected chi connectivity index (χ4v) is 4.63. The van der Waals surface area contributed by atoms with E-state index in [1.807, 2.05) is 42.5 Å². The smallest absolute Gasteiger partial charge is 0.275 e. The van der Waals surface area contributed by atoms with Gasteiger partial charge in [0.2, 0.25) is 0 Å². The predicted molar refractivity (Wildman–Crippen MR) is 129 cm³/mol. The number of rotatable bonds is 4. The van der Waals surface area contributed by atoms with E-state index in [2.05, 4.69) is 20.0 Å². The minimum absolute atomic E-state index is 0.0913. The van der Waals surface area contributed by atoms with E-state index in [1.54, 1.807) is 12.0 Å². The van der Waals surface area contributed by atoms with Gasteiger partial charge in [-0.15, -0.1) is 10.2 Å².